The number of thiol groups is 1. The van der Waals surface area contributed by atoms with Crippen LogP contribution in [0.5, 0.6) is 5.75 Å². The number of hydrogen-bond acceptors (Lipinski definition) is 9. The second-order valence-corrected chi connectivity index (χ2v) is 10.2. The summed E-state index contributed by atoms with van der Waals surface area (Å²) in [6.45, 7) is 17.5. The molecule has 1 heterocycles. The average molecular weight is 592 g/mol. The van der Waals surface area contributed by atoms with Crippen molar-refractivity contribution in [2.75, 3.05) is 32.4 Å². The van der Waals surface area contributed by atoms with Crippen LogP contribution in [0.3, 0.4) is 0 Å². The van der Waals surface area contributed by atoms with Gasteiger partial charge in [0.1, 0.15) is 35.1 Å². The molecule has 0 saturated carbocycles. The predicted octanol–water partition coefficient (Wildman–Crippen LogP) is 5.06. The number of ether oxygens (including phenoxy) is 2. The molecule has 12 heteroatoms. The van der Waals surface area contributed by atoms with E-state index in [0.717, 1.165) is 24.6 Å². The van der Waals surface area contributed by atoms with Crippen LogP contribution in [-0.4, -0.2) is 76.7 Å². The molecule has 0 radical (unpaired) electrons. The highest BCUT2D eigenvalue weighted by Gasteiger charge is 2.29. The molecule has 1 aromatic carbocycles. The van der Waals surface area contributed by atoms with Crippen LogP contribution in [0.15, 0.2) is 53.4 Å². The number of nitrogens with one attached hydrogen (secondary N) is 1. The highest BCUT2D eigenvalue weighted by Crippen LogP contribution is 2.19. The zero-order valence-electron chi connectivity index (χ0n) is 25.3. The zero-order valence-corrected chi connectivity index (χ0v) is 26.2. The summed E-state index contributed by atoms with van der Waals surface area (Å²) in [5.74, 6) is 0.432. The molecule has 1 amide bonds. The number of nitrogens with zero attached hydrogens (tertiary/aromatic N) is 4. The minimum absolute atomic E-state index is 0.0666. The molecule has 1 fully saturated rings. The molecule has 1 aliphatic heterocycles. The van der Waals surface area contributed by atoms with Crippen LogP contribution in [-0.2, 0) is 16.0 Å². The summed E-state index contributed by atoms with van der Waals surface area (Å²) < 4.78 is 11.0. The molecule has 0 aromatic heterocycles. The van der Waals surface area contributed by atoms with E-state index in [-0.39, 0.29) is 23.9 Å². The number of amidine groups is 1. The first kappa shape index (κ1) is 35.5. The third-order valence-electron chi connectivity index (χ3n) is 6.07. The maximum absolute atomic E-state index is 13.1. The third kappa shape index (κ3) is 12.2. The number of likely N-dealkylation sites (tertiary alicyclic amines) is 1. The lowest BCUT2D eigenvalue weighted by Gasteiger charge is -2.25. The molecule has 1 aliphatic rings. The number of nitro groups is 1. The fraction of sp³-hybridized carbons (Fsp3) is 0.552. The Bertz CT molecular complexity index is 1090. The highest BCUT2D eigenvalue weighted by atomic mass is 32.1. The summed E-state index contributed by atoms with van der Waals surface area (Å²) in [7, 11) is 0. The van der Waals surface area contributed by atoms with Gasteiger partial charge >= 0.3 is 17.8 Å². The fourth-order valence-electron chi connectivity index (χ4n) is 4.00. The summed E-state index contributed by atoms with van der Waals surface area (Å²) in [6, 6.07) is 5.80. The minimum Gasteiger partial charge on any atom is -0.458 e. The maximum atomic E-state index is 13.1. The van der Waals surface area contributed by atoms with Crippen molar-refractivity contribution in [3.05, 3.63) is 64.1 Å². The second-order valence-electron chi connectivity index (χ2n) is 10.2. The van der Waals surface area contributed by atoms with Crippen LogP contribution in [0.1, 0.15) is 59.9 Å². The van der Waals surface area contributed by atoms with E-state index in [1.54, 1.807) is 63.1 Å². The molecule has 1 N–H and O–H groups in total. The molecule has 228 valence electrons. The molecular formula is C29H45N5O6S. The van der Waals surface area contributed by atoms with Crippen LogP contribution in [0.25, 0.3) is 0 Å². The van der Waals surface area contributed by atoms with Gasteiger partial charge in [0.05, 0.1) is 4.92 Å². The first-order valence-electron chi connectivity index (χ1n) is 13.7. The Labute approximate surface area is 249 Å². The van der Waals surface area contributed by atoms with E-state index in [1.165, 1.54) is 0 Å². The van der Waals surface area contributed by atoms with Crippen molar-refractivity contribution in [1.82, 2.24) is 15.1 Å². The quantitative estimate of drug-likeness (QED) is 0.0696. The Hall–Kier alpha value is -3.54. The zero-order chi connectivity index (χ0) is 31.2. The Morgan fingerprint density at radius 1 is 1.20 bits per heavy atom. The smallest absolute Gasteiger partial charge is 0.415 e. The van der Waals surface area contributed by atoms with Crippen LogP contribution in [0.4, 0.5) is 4.79 Å². The van der Waals surface area contributed by atoms with Crippen molar-refractivity contribution in [3.8, 4) is 5.75 Å². The van der Waals surface area contributed by atoms with Gasteiger partial charge < -0.3 is 24.6 Å². The summed E-state index contributed by atoms with van der Waals surface area (Å²) >= 11 is 3.53. The van der Waals surface area contributed by atoms with E-state index in [0.29, 0.717) is 37.8 Å². The van der Waals surface area contributed by atoms with E-state index in [1.807, 2.05) is 18.7 Å². The maximum Gasteiger partial charge on any atom is 0.415 e. The van der Waals surface area contributed by atoms with Crippen molar-refractivity contribution in [2.45, 2.75) is 72.4 Å². The molecule has 0 bridgehead atoms. The van der Waals surface area contributed by atoms with Crippen LogP contribution < -0.4 is 10.1 Å². The van der Waals surface area contributed by atoms with E-state index in [9.17, 15) is 19.7 Å². The summed E-state index contributed by atoms with van der Waals surface area (Å²) in [6.07, 6.45) is 4.53. The number of aliphatic imine (C=N–C) groups is 1. The standard InChI is InChI=1S/C28H41N5O6.CH4S/c1-8-31(9-2)21(4)29-19-25(33(36)37)20(3)30-24(26(34)39-28(5,6)7)18-22-12-14-23(15-13-22)38-27(35)32-16-10-11-17-32;1-2/h12-15,19,24,30H,3,8-11,16-18H2,1-2,4-7H3;2H,1H3/b25-19+,29-21?;/t24-;/m0./s1. The number of carbonyl (C=O) groups excluding carboxylic acids is 2. The van der Waals surface area contributed by atoms with Gasteiger partial charge in [0.25, 0.3) is 0 Å². The van der Waals surface area contributed by atoms with Gasteiger partial charge in [0.2, 0.25) is 0 Å². The van der Waals surface area contributed by atoms with Gasteiger partial charge in [0.15, 0.2) is 0 Å². The first-order chi connectivity index (χ1) is 19.3. The van der Waals surface area contributed by atoms with Crippen molar-refractivity contribution in [2.24, 2.45) is 4.99 Å². The average Bonchev–Trinajstić information content (AvgIpc) is 3.45. The van der Waals surface area contributed by atoms with Crippen LogP contribution in [0.2, 0.25) is 0 Å². The third-order valence-corrected chi connectivity index (χ3v) is 6.07. The van der Waals surface area contributed by atoms with Crippen molar-refractivity contribution in [1.29, 1.82) is 0 Å². The van der Waals surface area contributed by atoms with Crippen LogP contribution in [0, 0.1) is 10.1 Å². The normalized spacial score (nSPS) is 14.4. The predicted molar refractivity (Wildman–Crippen MR) is 165 cm³/mol. The van der Waals surface area contributed by atoms with Crippen molar-refractivity contribution >= 4 is 30.5 Å². The van der Waals surface area contributed by atoms with Gasteiger partial charge in [-0.15, -0.1) is 0 Å². The van der Waals surface area contributed by atoms with Crippen molar-refractivity contribution in [3.63, 3.8) is 0 Å². The first-order valence-corrected chi connectivity index (χ1v) is 14.6. The number of benzene rings is 1. The van der Waals surface area contributed by atoms with Gasteiger partial charge in [-0.2, -0.15) is 12.6 Å². The lowest BCUT2D eigenvalue weighted by atomic mass is 10.0. The van der Waals surface area contributed by atoms with Gasteiger partial charge in [0, 0.05) is 32.6 Å². The fourth-order valence-corrected chi connectivity index (χ4v) is 4.00. The monoisotopic (exact) mass is 591 g/mol. The summed E-state index contributed by atoms with van der Waals surface area (Å²) in [5.41, 5.74) is -0.463. The minimum atomic E-state index is -0.967. The number of rotatable bonds is 11. The number of hydrogen-bond donors (Lipinski definition) is 2. The Balaban J connectivity index is 0.00000411. The summed E-state index contributed by atoms with van der Waals surface area (Å²) in [4.78, 5) is 44.4. The van der Waals surface area contributed by atoms with E-state index < -0.39 is 22.5 Å². The van der Waals surface area contributed by atoms with Crippen LogP contribution >= 0.6 is 12.6 Å². The van der Waals surface area contributed by atoms with E-state index in [4.69, 9.17) is 9.47 Å². The molecule has 11 nitrogen and oxygen atoms in total. The molecule has 1 saturated heterocycles. The molecule has 2 rings (SSSR count). The highest BCUT2D eigenvalue weighted by molar-refractivity contribution is 7.79. The number of amides is 1. The second kappa shape index (κ2) is 17.3. The van der Waals surface area contributed by atoms with Gasteiger partial charge in [-0.3, -0.25) is 10.1 Å². The molecule has 0 spiro atoms. The molecular weight excluding hydrogens is 546 g/mol. The van der Waals surface area contributed by atoms with Crippen molar-refractivity contribution < 1.29 is 24.0 Å². The van der Waals surface area contributed by atoms with Gasteiger partial charge in [-0.05, 0) is 78.3 Å². The lowest BCUT2D eigenvalue weighted by molar-refractivity contribution is -0.421. The Morgan fingerprint density at radius 3 is 2.24 bits per heavy atom. The summed E-state index contributed by atoms with van der Waals surface area (Å²) in [5, 5.41) is 14.7. The molecule has 41 heavy (non-hydrogen) atoms. The molecule has 1 atom stereocenters. The topological polar surface area (TPSA) is 127 Å². The van der Waals surface area contributed by atoms with E-state index in [2.05, 4.69) is 29.5 Å². The van der Waals surface area contributed by atoms with Gasteiger partial charge in [-0.25, -0.2) is 14.6 Å². The van der Waals surface area contributed by atoms with E-state index >= 15 is 0 Å². The molecule has 0 unspecified atom stereocenters. The molecule has 1 aromatic rings. The number of esters is 1. The lowest BCUT2D eigenvalue weighted by Crippen LogP contribution is -2.42. The Morgan fingerprint density at radius 2 is 1.76 bits per heavy atom. The Kier molecular flexibility index (Phi) is 15.0. The largest absolute Gasteiger partial charge is 0.458 e. The number of carbonyl (C=O) groups is 2. The SMILES string of the molecule is C=C(N[C@@H](Cc1ccc(OC(=O)N2CCCC2)cc1)C(=O)OC(C)(C)C)/C(=C\N=C(C)N(CC)CC)[N+](=O)[O-].CS. The van der Waals surface area contributed by atoms with Gasteiger partial charge in [-0.1, -0.05) is 18.7 Å². The molecule has 0 aliphatic carbocycles.